The van der Waals surface area contributed by atoms with Gasteiger partial charge in [-0.1, -0.05) is 158 Å². The van der Waals surface area contributed by atoms with Crippen molar-refractivity contribution in [2.24, 2.45) is 0 Å². The molecule has 3 nitrogen and oxygen atoms in total. The quantitative estimate of drug-likeness (QED) is 0.161. The standard InChI is InChI=1S/C58H38N2O/c1-2-17-40-36-43(35-34-39(40)16-1)47-23-3-8-29-53(47)59(45-21-14-19-42(38-45)48-27-15-28-52-51-26-7-12-33-57(51)61-58(48)52)44-20-13-18-41(37-44)46-22-4-9-30-54(46)60-55-31-10-5-24-49(55)50-25-6-11-32-56(50)60/h1-13,15-20,22-33,36-38H,34-35H2. The number of anilines is 3. The zero-order valence-corrected chi connectivity index (χ0v) is 33.3. The molecule has 0 radical (unpaired) electrons. The van der Waals surface area contributed by atoms with Crippen LogP contribution < -0.4 is 4.90 Å². The molecule has 286 valence electrons. The van der Waals surface area contributed by atoms with Crippen LogP contribution in [0.1, 0.15) is 23.1 Å². The third-order valence-electron chi connectivity index (χ3n) is 12.4. The highest BCUT2D eigenvalue weighted by Crippen LogP contribution is 2.45. The summed E-state index contributed by atoms with van der Waals surface area (Å²) in [6, 6.07) is 78.7. The second kappa shape index (κ2) is 14.3. The summed E-state index contributed by atoms with van der Waals surface area (Å²) in [5, 5.41) is 4.70. The summed E-state index contributed by atoms with van der Waals surface area (Å²) in [6.07, 6.45) is 4.34. The third-order valence-corrected chi connectivity index (χ3v) is 12.4. The van der Waals surface area contributed by atoms with Gasteiger partial charge in [-0.25, -0.2) is 0 Å². The Labute approximate surface area is 354 Å². The van der Waals surface area contributed by atoms with Gasteiger partial charge < -0.3 is 13.9 Å². The fourth-order valence-corrected chi connectivity index (χ4v) is 9.56. The number of hydrogen-bond acceptors (Lipinski definition) is 2. The van der Waals surface area contributed by atoms with Crippen molar-refractivity contribution in [3.05, 3.63) is 229 Å². The first-order valence-electron chi connectivity index (χ1n) is 21.0. The van der Waals surface area contributed by atoms with Gasteiger partial charge in [-0.15, -0.1) is 0 Å². The molecule has 0 N–H and O–H groups in total. The number of para-hydroxylation sites is 6. The lowest BCUT2D eigenvalue weighted by atomic mass is 9.88. The molecule has 1 aliphatic carbocycles. The molecule has 2 aromatic heterocycles. The van der Waals surface area contributed by atoms with E-state index in [2.05, 4.69) is 210 Å². The summed E-state index contributed by atoms with van der Waals surface area (Å²) in [5.74, 6) is 0. The van der Waals surface area contributed by atoms with Crippen LogP contribution in [0.3, 0.4) is 0 Å². The molecule has 1 aliphatic rings. The first-order chi connectivity index (χ1) is 30.3. The van der Waals surface area contributed by atoms with Crippen molar-refractivity contribution in [2.45, 2.75) is 12.8 Å². The molecule has 3 heteroatoms. The average Bonchev–Trinajstić information content (AvgIpc) is 3.88. The van der Waals surface area contributed by atoms with Crippen LogP contribution in [-0.4, -0.2) is 4.57 Å². The van der Waals surface area contributed by atoms with Crippen LogP contribution in [0.15, 0.2) is 205 Å². The second-order valence-electron chi connectivity index (χ2n) is 15.8. The Kier molecular flexibility index (Phi) is 8.21. The molecule has 0 saturated heterocycles. The predicted octanol–water partition coefficient (Wildman–Crippen LogP) is 15.6. The van der Waals surface area contributed by atoms with Crippen LogP contribution in [0.2, 0.25) is 0 Å². The molecule has 0 aliphatic heterocycles. The Morgan fingerprint density at radius 2 is 1.18 bits per heavy atom. The van der Waals surface area contributed by atoms with Crippen LogP contribution in [-0.2, 0) is 6.42 Å². The zero-order valence-electron chi connectivity index (χ0n) is 33.3. The number of benzene rings is 8. The third kappa shape index (κ3) is 5.84. The molecule has 12 rings (SSSR count). The van der Waals surface area contributed by atoms with Crippen molar-refractivity contribution in [1.82, 2.24) is 4.57 Å². The van der Waals surface area contributed by atoms with E-state index >= 15 is 0 Å². The van der Waals surface area contributed by atoms with Crippen LogP contribution in [0.4, 0.5) is 17.1 Å². The van der Waals surface area contributed by atoms with Crippen LogP contribution >= 0.6 is 0 Å². The SMILES string of the molecule is c1cc(-c2cccc3c2oc2ccccc23)cc(N(c2cccc(-c3ccccc3-n3c4ccccc4c4ccccc43)c2)c2ccccc2C2=Cc3ccccc3CC2)c#1. The maximum absolute atomic E-state index is 6.55. The summed E-state index contributed by atoms with van der Waals surface area (Å²) >= 11 is 0. The number of nitrogens with zero attached hydrogens (tertiary/aromatic N) is 2. The van der Waals surface area contributed by atoms with Crippen molar-refractivity contribution in [1.29, 1.82) is 0 Å². The van der Waals surface area contributed by atoms with E-state index in [1.807, 2.05) is 18.2 Å². The molecule has 0 bridgehead atoms. The lowest BCUT2D eigenvalue weighted by Gasteiger charge is -2.29. The minimum atomic E-state index is 0.871. The summed E-state index contributed by atoms with van der Waals surface area (Å²) < 4.78 is 8.96. The fourth-order valence-electron chi connectivity index (χ4n) is 9.56. The van der Waals surface area contributed by atoms with Crippen molar-refractivity contribution in [2.75, 3.05) is 4.90 Å². The summed E-state index contributed by atoms with van der Waals surface area (Å²) in [4.78, 5) is 2.36. The Morgan fingerprint density at radius 3 is 2.05 bits per heavy atom. The Bertz CT molecular complexity index is 3460. The molecule has 0 amide bonds. The van der Waals surface area contributed by atoms with Crippen LogP contribution in [0, 0.1) is 12.1 Å². The van der Waals surface area contributed by atoms with E-state index < -0.39 is 0 Å². The number of aromatic nitrogens is 1. The van der Waals surface area contributed by atoms with Crippen molar-refractivity contribution in [3.63, 3.8) is 0 Å². The molecule has 0 fully saturated rings. The molecular formula is C58H38N2O. The van der Waals surface area contributed by atoms with Gasteiger partial charge in [0.25, 0.3) is 0 Å². The molecule has 9 aromatic carbocycles. The van der Waals surface area contributed by atoms with Crippen molar-refractivity contribution >= 4 is 72.5 Å². The number of hydrogen-bond donors (Lipinski definition) is 0. The van der Waals surface area contributed by atoms with Gasteiger partial charge in [0.15, 0.2) is 0 Å². The minimum Gasteiger partial charge on any atom is -0.455 e. The number of fused-ring (bicyclic) bond motifs is 7. The minimum absolute atomic E-state index is 0.871. The van der Waals surface area contributed by atoms with Gasteiger partial charge in [-0.05, 0) is 101 Å². The summed E-state index contributed by atoms with van der Waals surface area (Å²) in [5.41, 5.74) is 17.8. The fraction of sp³-hybridized carbons (Fsp3) is 0.0345. The molecule has 0 spiro atoms. The molecule has 61 heavy (non-hydrogen) atoms. The van der Waals surface area contributed by atoms with Gasteiger partial charge in [-0.2, -0.15) is 0 Å². The highest BCUT2D eigenvalue weighted by Gasteiger charge is 2.23. The Balaban J connectivity index is 1.06. The lowest BCUT2D eigenvalue weighted by molar-refractivity contribution is 0.670. The summed E-state index contributed by atoms with van der Waals surface area (Å²) in [6.45, 7) is 0. The largest absolute Gasteiger partial charge is 0.455 e. The van der Waals surface area contributed by atoms with E-state index in [1.54, 1.807) is 0 Å². The van der Waals surface area contributed by atoms with E-state index in [0.717, 1.165) is 79.8 Å². The molecule has 2 heterocycles. The van der Waals surface area contributed by atoms with Gasteiger partial charge >= 0.3 is 0 Å². The lowest BCUT2D eigenvalue weighted by Crippen LogP contribution is -2.13. The van der Waals surface area contributed by atoms with Gasteiger partial charge in [0.2, 0.25) is 0 Å². The van der Waals surface area contributed by atoms with E-state index in [4.69, 9.17) is 4.42 Å². The van der Waals surface area contributed by atoms with E-state index in [-0.39, 0.29) is 0 Å². The normalized spacial score (nSPS) is 12.4. The Morgan fingerprint density at radius 1 is 0.508 bits per heavy atom. The Hall–Kier alpha value is -8.06. The molecule has 11 aromatic rings. The number of rotatable bonds is 7. The predicted molar refractivity (Wildman–Crippen MR) is 254 cm³/mol. The molecular weight excluding hydrogens is 741 g/mol. The number of aryl methyl sites for hydroxylation is 1. The topological polar surface area (TPSA) is 21.3 Å². The first kappa shape index (κ1) is 34.9. The second-order valence-corrected chi connectivity index (χ2v) is 15.8. The zero-order chi connectivity index (χ0) is 40.3. The highest BCUT2D eigenvalue weighted by molar-refractivity contribution is 6.11. The monoisotopic (exact) mass is 778 g/mol. The average molecular weight is 779 g/mol. The summed E-state index contributed by atoms with van der Waals surface area (Å²) in [7, 11) is 0. The van der Waals surface area contributed by atoms with Gasteiger partial charge in [0, 0.05) is 43.9 Å². The van der Waals surface area contributed by atoms with Gasteiger partial charge in [0.05, 0.1) is 28.1 Å². The van der Waals surface area contributed by atoms with E-state index in [1.165, 1.54) is 44.1 Å². The van der Waals surface area contributed by atoms with Crippen LogP contribution in [0.5, 0.6) is 0 Å². The van der Waals surface area contributed by atoms with Crippen molar-refractivity contribution in [3.8, 4) is 27.9 Å². The van der Waals surface area contributed by atoms with Crippen LogP contribution in [0.25, 0.3) is 83.3 Å². The first-order valence-corrected chi connectivity index (χ1v) is 21.0. The molecule has 0 atom stereocenters. The highest BCUT2D eigenvalue weighted by atomic mass is 16.3. The number of allylic oxidation sites excluding steroid dienone is 1. The van der Waals surface area contributed by atoms with Gasteiger partial charge in [-0.3, -0.25) is 0 Å². The van der Waals surface area contributed by atoms with Crippen molar-refractivity contribution < 1.29 is 4.42 Å². The molecule has 0 saturated carbocycles. The van der Waals surface area contributed by atoms with Gasteiger partial charge in [0.1, 0.15) is 11.2 Å². The van der Waals surface area contributed by atoms with E-state index in [0.29, 0.717) is 0 Å². The number of furan rings is 1. The molecule has 0 unspecified atom stereocenters. The maximum atomic E-state index is 6.55. The van der Waals surface area contributed by atoms with E-state index in [9.17, 15) is 0 Å². The maximum Gasteiger partial charge on any atom is 0.143 e. The smallest absolute Gasteiger partial charge is 0.143 e.